The zero-order valence-corrected chi connectivity index (χ0v) is 30.7. The van der Waals surface area contributed by atoms with E-state index in [9.17, 15) is 0 Å². The first-order valence-electron chi connectivity index (χ1n) is 18.1. The van der Waals surface area contributed by atoms with Gasteiger partial charge in [-0.1, -0.05) is 115 Å². The van der Waals surface area contributed by atoms with E-state index in [0.717, 1.165) is 0 Å². The molecule has 0 fully saturated rings. The van der Waals surface area contributed by atoms with Gasteiger partial charge in [0.15, 0.2) is 0 Å². The Bertz CT molecular complexity index is 3370. The first-order valence-corrected chi connectivity index (χ1v) is 20.6. The molecule has 11 aromatic rings. The molecule has 1 nitrogen and oxygen atoms in total. The molecule has 8 aromatic carbocycles. The van der Waals surface area contributed by atoms with E-state index in [0.29, 0.717) is 0 Å². The molecule has 0 N–H and O–H groups in total. The molecule has 13 rings (SSSR count). The molecule has 2 aliphatic rings. The molecule has 0 aliphatic carbocycles. The first-order chi connectivity index (χ1) is 26.3. The van der Waals surface area contributed by atoms with Crippen molar-refractivity contribution in [3.8, 4) is 22.3 Å². The van der Waals surface area contributed by atoms with Gasteiger partial charge in [0.25, 0.3) is 0 Å². The van der Waals surface area contributed by atoms with Crippen LogP contribution in [0.5, 0.6) is 0 Å². The smallest absolute Gasteiger partial charge is 0.248 e. The number of rotatable bonds is 2. The summed E-state index contributed by atoms with van der Waals surface area (Å²) < 4.78 is 8.01. The molecule has 0 unspecified atom stereocenters. The largest absolute Gasteiger partial charge is 0.310 e. The van der Waals surface area contributed by atoms with E-state index in [1.165, 1.54) is 116 Å². The second kappa shape index (κ2) is 10.5. The SMILES string of the molecule is c1ccc(-c2ccc3c4c2-c2c(ccc5sc6ccccc6c25)B4c2ccc4sc5ccccc5c4c2N3c2cccc3sc4ccccc4c23)cc1. The minimum absolute atomic E-state index is 0.106. The Kier molecular flexibility index (Phi) is 5.69. The third-order valence-corrected chi connectivity index (χ3v) is 15.1. The van der Waals surface area contributed by atoms with Crippen LogP contribution < -0.4 is 21.3 Å². The van der Waals surface area contributed by atoms with Gasteiger partial charge in [0.1, 0.15) is 0 Å². The lowest BCUT2D eigenvalue weighted by Gasteiger charge is -2.37. The van der Waals surface area contributed by atoms with Gasteiger partial charge < -0.3 is 4.90 Å². The fourth-order valence-electron chi connectivity index (χ4n) is 9.65. The van der Waals surface area contributed by atoms with E-state index in [1.807, 2.05) is 34.0 Å². The molecule has 2 aliphatic heterocycles. The highest BCUT2D eigenvalue weighted by molar-refractivity contribution is 7.27. The van der Waals surface area contributed by atoms with Crippen molar-refractivity contribution < 1.29 is 0 Å². The van der Waals surface area contributed by atoms with Gasteiger partial charge in [0.2, 0.25) is 6.71 Å². The summed E-state index contributed by atoms with van der Waals surface area (Å²) in [4.78, 5) is 2.66. The summed E-state index contributed by atoms with van der Waals surface area (Å²) >= 11 is 5.72. The summed E-state index contributed by atoms with van der Waals surface area (Å²) in [5.41, 5.74) is 13.4. The number of fused-ring (bicyclic) bond motifs is 16. The maximum atomic E-state index is 2.66. The van der Waals surface area contributed by atoms with Gasteiger partial charge in [0, 0.05) is 66.2 Å². The van der Waals surface area contributed by atoms with Gasteiger partial charge in [-0.2, -0.15) is 0 Å². The molecule has 0 radical (unpaired) electrons. The van der Waals surface area contributed by atoms with E-state index >= 15 is 0 Å². The van der Waals surface area contributed by atoms with Crippen molar-refractivity contribution in [2.24, 2.45) is 0 Å². The highest BCUT2D eigenvalue weighted by atomic mass is 32.1. The molecule has 0 bridgehead atoms. The maximum Gasteiger partial charge on any atom is 0.248 e. The quantitative estimate of drug-likeness (QED) is 0.161. The van der Waals surface area contributed by atoms with Gasteiger partial charge in [0.05, 0.1) is 11.4 Å². The van der Waals surface area contributed by atoms with Crippen LogP contribution in [0.2, 0.25) is 0 Å². The molecule has 0 amide bonds. The van der Waals surface area contributed by atoms with Crippen molar-refractivity contribution in [1.29, 1.82) is 0 Å². The Balaban J connectivity index is 1.25. The van der Waals surface area contributed by atoms with E-state index in [-0.39, 0.29) is 6.71 Å². The minimum Gasteiger partial charge on any atom is -0.310 e. The van der Waals surface area contributed by atoms with Crippen LogP contribution in [0.3, 0.4) is 0 Å². The standard InChI is InChI=1S/C48H26BNS3/c1-2-11-27(12-3-1)28-21-24-35-47-45(28)46-32(22-25-40-43(46)30-14-5-8-18-37(30)52-40)49(47)33-23-26-41-44(31-15-6-9-19-38(31)53-41)48(33)50(35)34-16-10-20-39-42(34)29-13-4-7-17-36(29)51-39/h1-26H. The average molecular weight is 724 g/mol. The van der Waals surface area contributed by atoms with Gasteiger partial charge in [-0.25, -0.2) is 0 Å². The number of benzene rings is 8. The fourth-order valence-corrected chi connectivity index (χ4v) is 13.0. The van der Waals surface area contributed by atoms with E-state index < -0.39 is 0 Å². The van der Waals surface area contributed by atoms with Crippen LogP contribution in [0.15, 0.2) is 158 Å². The maximum absolute atomic E-state index is 2.66. The Hall–Kier alpha value is -5.72. The number of hydrogen-bond acceptors (Lipinski definition) is 4. The van der Waals surface area contributed by atoms with E-state index in [4.69, 9.17) is 0 Å². The Morgan fingerprint density at radius 1 is 0.377 bits per heavy atom. The topological polar surface area (TPSA) is 3.24 Å². The van der Waals surface area contributed by atoms with Crippen molar-refractivity contribution in [2.75, 3.05) is 4.90 Å². The molecule has 0 saturated carbocycles. The van der Waals surface area contributed by atoms with Gasteiger partial charge in [-0.15, -0.1) is 34.0 Å². The Morgan fingerprint density at radius 3 is 1.66 bits per heavy atom. The summed E-state index contributed by atoms with van der Waals surface area (Å²) in [6.45, 7) is 0.106. The second-order valence-electron chi connectivity index (χ2n) is 14.3. The van der Waals surface area contributed by atoms with Gasteiger partial charge in [-0.3, -0.25) is 0 Å². The molecule has 53 heavy (non-hydrogen) atoms. The van der Waals surface area contributed by atoms with Crippen LogP contribution in [-0.4, -0.2) is 6.71 Å². The normalized spacial score (nSPS) is 13.2. The van der Waals surface area contributed by atoms with Gasteiger partial charge >= 0.3 is 0 Å². The second-order valence-corrected chi connectivity index (χ2v) is 17.5. The van der Waals surface area contributed by atoms with Crippen molar-refractivity contribution in [3.63, 3.8) is 0 Å². The molecule has 0 atom stereocenters. The van der Waals surface area contributed by atoms with Crippen LogP contribution >= 0.6 is 34.0 Å². The monoisotopic (exact) mass is 723 g/mol. The highest BCUT2D eigenvalue weighted by Gasteiger charge is 2.45. The van der Waals surface area contributed by atoms with Crippen molar-refractivity contribution in [2.45, 2.75) is 0 Å². The average Bonchev–Trinajstić information content (AvgIpc) is 3.98. The zero-order chi connectivity index (χ0) is 34.4. The van der Waals surface area contributed by atoms with Crippen LogP contribution in [0, 0.1) is 0 Å². The summed E-state index contributed by atoms with van der Waals surface area (Å²) in [5, 5.41) is 8.08. The fraction of sp³-hybridized carbons (Fsp3) is 0. The Labute approximate surface area is 317 Å². The molecular formula is C48H26BNS3. The summed E-state index contributed by atoms with van der Waals surface area (Å²) in [6.07, 6.45) is 0. The predicted octanol–water partition coefficient (Wildman–Crippen LogP) is 12.7. The number of anilines is 3. The van der Waals surface area contributed by atoms with Crippen molar-refractivity contribution in [1.82, 2.24) is 0 Å². The lowest BCUT2D eigenvalue weighted by molar-refractivity contribution is 1.33. The molecule has 0 spiro atoms. The van der Waals surface area contributed by atoms with Crippen molar-refractivity contribution >= 4 is 135 Å². The predicted molar refractivity (Wildman–Crippen MR) is 235 cm³/mol. The zero-order valence-electron chi connectivity index (χ0n) is 28.3. The Morgan fingerprint density at radius 2 is 0.943 bits per heavy atom. The van der Waals surface area contributed by atoms with E-state index in [2.05, 4.69) is 163 Å². The lowest BCUT2D eigenvalue weighted by atomic mass is 9.37. The lowest BCUT2D eigenvalue weighted by Crippen LogP contribution is -2.54. The first kappa shape index (κ1) is 28.8. The van der Waals surface area contributed by atoms with E-state index in [1.54, 1.807) is 0 Å². The van der Waals surface area contributed by atoms with Crippen molar-refractivity contribution in [3.05, 3.63) is 158 Å². The molecule has 0 saturated heterocycles. The summed E-state index contributed by atoms with van der Waals surface area (Å²) in [5.74, 6) is 0. The molecule has 5 heterocycles. The third kappa shape index (κ3) is 3.72. The number of thiophene rings is 3. The van der Waals surface area contributed by atoms with Crippen LogP contribution in [0.1, 0.15) is 0 Å². The summed E-state index contributed by atoms with van der Waals surface area (Å²) in [7, 11) is 0. The summed E-state index contributed by atoms with van der Waals surface area (Å²) in [6, 6.07) is 59.5. The molecule has 5 heteroatoms. The van der Waals surface area contributed by atoms with Gasteiger partial charge in [-0.05, 0) is 81.7 Å². The molecular weight excluding hydrogens is 698 g/mol. The molecule has 244 valence electrons. The van der Waals surface area contributed by atoms with Crippen LogP contribution in [-0.2, 0) is 0 Å². The number of nitrogens with zero attached hydrogens (tertiary/aromatic N) is 1. The minimum atomic E-state index is 0.106. The number of hydrogen-bond donors (Lipinski definition) is 0. The van der Waals surface area contributed by atoms with Crippen LogP contribution in [0.4, 0.5) is 17.1 Å². The highest BCUT2D eigenvalue weighted by Crippen LogP contribution is 2.53. The molecule has 3 aromatic heterocycles. The van der Waals surface area contributed by atoms with Crippen LogP contribution in [0.25, 0.3) is 82.8 Å². The third-order valence-electron chi connectivity index (χ3n) is 11.7.